The number of ether oxygens (including phenoxy) is 2. The fourth-order valence-electron chi connectivity index (χ4n) is 2.10. The molecule has 1 heterocycles. The Bertz CT molecular complexity index is 590. The summed E-state index contributed by atoms with van der Waals surface area (Å²) in [6.45, 7) is 0. The van der Waals surface area contributed by atoms with Crippen molar-refractivity contribution in [3.8, 4) is 11.5 Å². The number of hydrogen-bond acceptors (Lipinski definition) is 4. The number of benzene rings is 1. The molecule has 106 valence electrons. The molecule has 20 heavy (non-hydrogen) atoms. The normalized spacial score (nSPS) is 12.0. The molecule has 0 saturated heterocycles. The summed E-state index contributed by atoms with van der Waals surface area (Å²) in [4.78, 5) is 4.44. The third kappa shape index (κ3) is 2.94. The van der Waals surface area contributed by atoms with Crippen molar-refractivity contribution in [2.45, 2.75) is 6.04 Å². The molecule has 1 unspecified atom stereocenters. The first-order valence-corrected chi connectivity index (χ1v) is 7.00. The molecular formula is C15H17BrN2O2. The number of methoxy groups -OCH3 is 2. The van der Waals surface area contributed by atoms with Crippen molar-refractivity contribution in [1.82, 2.24) is 10.3 Å². The maximum Gasteiger partial charge on any atom is 0.142 e. The van der Waals surface area contributed by atoms with Crippen LogP contribution in [-0.4, -0.2) is 26.3 Å². The van der Waals surface area contributed by atoms with Gasteiger partial charge in [-0.05, 0) is 42.9 Å². The zero-order valence-corrected chi connectivity index (χ0v) is 13.3. The van der Waals surface area contributed by atoms with Crippen LogP contribution in [0.1, 0.15) is 17.3 Å². The lowest BCUT2D eigenvalue weighted by Crippen LogP contribution is -2.20. The number of hydrogen-bond donors (Lipinski definition) is 1. The first-order valence-electron chi connectivity index (χ1n) is 6.20. The Kier molecular flexibility index (Phi) is 4.98. The Morgan fingerprint density at radius 1 is 1.20 bits per heavy atom. The molecule has 0 bridgehead atoms. The third-order valence-electron chi connectivity index (χ3n) is 3.10. The van der Waals surface area contributed by atoms with Crippen molar-refractivity contribution < 1.29 is 9.47 Å². The first kappa shape index (κ1) is 14.8. The van der Waals surface area contributed by atoms with Crippen molar-refractivity contribution in [3.63, 3.8) is 0 Å². The molecule has 1 aromatic carbocycles. The summed E-state index contributed by atoms with van der Waals surface area (Å²) in [6.07, 6.45) is 1.76. The summed E-state index contributed by atoms with van der Waals surface area (Å²) in [5.41, 5.74) is 1.88. The standard InChI is InChI=1S/C15H17BrN2O2/c1-17-14(15-13(20-3)5-4-8-18-15)11-9-10(19-2)6-7-12(11)16/h4-9,14,17H,1-3H3. The van der Waals surface area contributed by atoms with Gasteiger partial charge in [-0.1, -0.05) is 15.9 Å². The lowest BCUT2D eigenvalue weighted by atomic mass is 10.0. The van der Waals surface area contributed by atoms with Crippen LogP contribution in [0.5, 0.6) is 11.5 Å². The number of rotatable bonds is 5. The summed E-state index contributed by atoms with van der Waals surface area (Å²) in [7, 11) is 5.20. The molecule has 0 fully saturated rings. The molecule has 2 rings (SSSR count). The van der Waals surface area contributed by atoms with Gasteiger partial charge in [0.05, 0.1) is 20.3 Å². The van der Waals surface area contributed by atoms with E-state index in [1.165, 1.54) is 0 Å². The van der Waals surface area contributed by atoms with E-state index in [2.05, 4.69) is 26.2 Å². The van der Waals surface area contributed by atoms with Gasteiger partial charge in [-0.2, -0.15) is 0 Å². The molecule has 1 N–H and O–H groups in total. The van der Waals surface area contributed by atoms with Gasteiger partial charge in [0.25, 0.3) is 0 Å². The van der Waals surface area contributed by atoms with Crippen LogP contribution in [0.4, 0.5) is 0 Å². The van der Waals surface area contributed by atoms with E-state index in [0.717, 1.165) is 27.2 Å². The van der Waals surface area contributed by atoms with Crippen molar-refractivity contribution >= 4 is 15.9 Å². The molecule has 2 aromatic rings. The van der Waals surface area contributed by atoms with E-state index >= 15 is 0 Å². The van der Waals surface area contributed by atoms with Crippen molar-refractivity contribution in [3.05, 3.63) is 52.3 Å². The zero-order valence-electron chi connectivity index (χ0n) is 11.7. The monoisotopic (exact) mass is 336 g/mol. The number of pyridine rings is 1. The lowest BCUT2D eigenvalue weighted by Gasteiger charge is -2.20. The van der Waals surface area contributed by atoms with Crippen LogP contribution in [0, 0.1) is 0 Å². The molecule has 1 aromatic heterocycles. The predicted octanol–water partition coefficient (Wildman–Crippen LogP) is 3.17. The van der Waals surface area contributed by atoms with Crippen LogP contribution >= 0.6 is 15.9 Å². The van der Waals surface area contributed by atoms with E-state index in [-0.39, 0.29) is 6.04 Å². The molecule has 5 heteroatoms. The number of halogens is 1. The van der Waals surface area contributed by atoms with Gasteiger partial charge in [-0.25, -0.2) is 0 Å². The van der Waals surface area contributed by atoms with Crippen molar-refractivity contribution in [2.75, 3.05) is 21.3 Å². The van der Waals surface area contributed by atoms with Gasteiger partial charge in [-0.15, -0.1) is 0 Å². The summed E-state index contributed by atoms with van der Waals surface area (Å²) in [5, 5.41) is 3.27. The Labute approximate surface area is 127 Å². The average Bonchev–Trinajstić information content (AvgIpc) is 2.50. The fourth-order valence-corrected chi connectivity index (χ4v) is 2.58. The van der Waals surface area contributed by atoms with Crippen LogP contribution in [0.3, 0.4) is 0 Å². The van der Waals surface area contributed by atoms with Crippen LogP contribution in [0.2, 0.25) is 0 Å². The minimum Gasteiger partial charge on any atom is -0.497 e. The van der Waals surface area contributed by atoms with Crippen LogP contribution in [0.15, 0.2) is 41.0 Å². The van der Waals surface area contributed by atoms with Gasteiger partial charge in [0.15, 0.2) is 0 Å². The molecule has 1 atom stereocenters. The molecule has 0 aliphatic rings. The van der Waals surface area contributed by atoms with Crippen molar-refractivity contribution in [1.29, 1.82) is 0 Å². The van der Waals surface area contributed by atoms with Gasteiger partial charge in [0, 0.05) is 10.7 Å². The average molecular weight is 337 g/mol. The van der Waals surface area contributed by atoms with Crippen LogP contribution in [0.25, 0.3) is 0 Å². The van der Waals surface area contributed by atoms with Crippen molar-refractivity contribution in [2.24, 2.45) is 0 Å². The quantitative estimate of drug-likeness (QED) is 0.910. The molecule has 0 aliphatic carbocycles. The van der Waals surface area contributed by atoms with Crippen LogP contribution in [-0.2, 0) is 0 Å². The first-order chi connectivity index (χ1) is 9.71. The molecule has 0 saturated carbocycles. The molecule has 0 amide bonds. The van der Waals surface area contributed by atoms with E-state index in [4.69, 9.17) is 9.47 Å². The van der Waals surface area contributed by atoms with Crippen LogP contribution < -0.4 is 14.8 Å². The maximum atomic E-state index is 5.40. The summed E-state index contributed by atoms with van der Waals surface area (Å²) < 4.78 is 11.7. The Morgan fingerprint density at radius 2 is 2.00 bits per heavy atom. The highest BCUT2D eigenvalue weighted by Crippen LogP contribution is 2.34. The summed E-state index contributed by atoms with van der Waals surface area (Å²) >= 11 is 3.58. The minimum atomic E-state index is -0.0874. The summed E-state index contributed by atoms with van der Waals surface area (Å²) in [5.74, 6) is 1.56. The third-order valence-corrected chi connectivity index (χ3v) is 3.82. The second kappa shape index (κ2) is 6.72. The van der Waals surface area contributed by atoms with E-state index < -0.39 is 0 Å². The topological polar surface area (TPSA) is 43.4 Å². The molecule has 4 nitrogen and oxygen atoms in total. The number of aromatic nitrogens is 1. The molecule has 0 spiro atoms. The fraction of sp³-hybridized carbons (Fsp3) is 0.267. The molecule has 0 radical (unpaired) electrons. The number of nitrogens with one attached hydrogen (secondary N) is 1. The molecule has 0 aliphatic heterocycles. The van der Waals surface area contributed by atoms with E-state index in [9.17, 15) is 0 Å². The van der Waals surface area contributed by atoms with Gasteiger partial charge >= 0.3 is 0 Å². The Morgan fingerprint density at radius 3 is 2.65 bits per heavy atom. The van der Waals surface area contributed by atoms with E-state index in [1.807, 2.05) is 37.4 Å². The lowest BCUT2D eigenvalue weighted by molar-refractivity contribution is 0.400. The van der Waals surface area contributed by atoms with Gasteiger partial charge in [0.2, 0.25) is 0 Å². The minimum absolute atomic E-state index is 0.0874. The highest BCUT2D eigenvalue weighted by atomic mass is 79.9. The highest BCUT2D eigenvalue weighted by molar-refractivity contribution is 9.10. The number of nitrogens with zero attached hydrogens (tertiary/aromatic N) is 1. The summed E-state index contributed by atoms with van der Waals surface area (Å²) in [6, 6.07) is 9.54. The van der Waals surface area contributed by atoms with E-state index in [0.29, 0.717) is 0 Å². The Hall–Kier alpha value is -1.59. The largest absolute Gasteiger partial charge is 0.497 e. The second-order valence-electron chi connectivity index (χ2n) is 4.20. The molecular weight excluding hydrogens is 320 g/mol. The SMILES string of the molecule is CNC(c1cc(OC)ccc1Br)c1ncccc1OC. The van der Waals surface area contributed by atoms with Gasteiger partial charge in [0.1, 0.15) is 17.2 Å². The zero-order chi connectivity index (χ0) is 14.5. The second-order valence-corrected chi connectivity index (χ2v) is 5.05. The highest BCUT2D eigenvalue weighted by Gasteiger charge is 2.20. The maximum absolute atomic E-state index is 5.40. The van der Waals surface area contributed by atoms with Gasteiger partial charge in [-0.3, -0.25) is 4.98 Å². The van der Waals surface area contributed by atoms with E-state index in [1.54, 1.807) is 20.4 Å². The Balaban J connectivity index is 2.52. The smallest absolute Gasteiger partial charge is 0.142 e. The van der Waals surface area contributed by atoms with Gasteiger partial charge < -0.3 is 14.8 Å². The predicted molar refractivity (Wildman–Crippen MR) is 82.4 cm³/mol.